The summed E-state index contributed by atoms with van der Waals surface area (Å²) >= 11 is 0. The highest BCUT2D eigenvalue weighted by molar-refractivity contribution is 6.09. The van der Waals surface area contributed by atoms with E-state index in [2.05, 4.69) is 25.4 Å². The predicted octanol–water partition coefficient (Wildman–Crippen LogP) is 2.70. The molecule has 0 spiro atoms. The third-order valence-electron chi connectivity index (χ3n) is 3.08. The summed E-state index contributed by atoms with van der Waals surface area (Å²) < 4.78 is 0. The zero-order chi connectivity index (χ0) is 11.1. The Morgan fingerprint density at radius 3 is 2.87 bits per heavy atom. The van der Waals surface area contributed by atoms with Crippen molar-refractivity contribution in [2.75, 3.05) is 0 Å². The fourth-order valence-electron chi connectivity index (χ4n) is 2.19. The second kappa shape index (κ2) is 3.44. The molecule has 0 fully saturated rings. The third-order valence-corrected chi connectivity index (χ3v) is 3.08. The minimum atomic E-state index is 0.0737. The van der Waals surface area contributed by atoms with Crippen LogP contribution in [0.3, 0.4) is 0 Å². The summed E-state index contributed by atoms with van der Waals surface area (Å²) in [6.45, 7) is 8.11. The van der Waals surface area contributed by atoms with E-state index in [1.807, 2.05) is 12.3 Å². The van der Waals surface area contributed by atoms with E-state index in [4.69, 9.17) is 0 Å². The number of aliphatic imine (C=N–C) groups is 1. The van der Waals surface area contributed by atoms with Gasteiger partial charge in [0.2, 0.25) is 0 Å². The monoisotopic (exact) mass is 203 g/mol. The van der Waals surface area contributed by atoms with Gasteiger partial charge in [-0.1, -0.05) is 26.5 Å². The molecule has 0 aromatic heterocycles. The summed E-state index contributed by atoms with van der Waals surface area (Å²) in [5.41, 5.74) is 1.74. The lowest BCUT2D eigenvalue weighted by molar-refractivity contribution is -0.112. The van der Waals surface area contributed by atoms with Crippen LogP contribution in [0.15, 0.2) is 28.8 Å². The highest BCUT2D eigenvalue weighted by Crippen LogP contribution is 2.34. The molecule has 2 rings (SSSR count). The molecule has 0 amide bonds. The van der Waals surface area contributed by atoms with Gasteiger partial charge in [0.1, 0.15) is 0 Å². The van der Waals surface area contributed by atoms with Gasteiger partial charge >= 0.3 is 0 Å². The van der Waals surface area contributed by atoms with E-state index in [0.717, 1.165) is 30.4 Å². The van der Waals surface area contributed by atoms with Crippen molar-refractivity contribution >= 4 is 12.0 Å². The lowest BCUT2D eigenvalue weighted by Gasteiger charge is -2.20. The van der Waals surface area contributed by atoms with Gasteiger partial charge in [0, 0.05) is 17.2 Å². The van der Waals surface area contributed by atoms with Crippen molar-refractivity contribution in [2.24, 2.45) is 10.4 Å². The van der Waals surface area contributed by atoms with E-state index >= 15 is 0 Å². The first-order valence-electron chi connectivity index (χ1n) is 5.46. The molecule has 0 bridgehead atoms. The van der Waals surface area contributed by atoms with Gasteiger partial charge in [-0.05, 0) is 24.8 Å². The first-order valence-corrected chi connectivity index (χ1v) is 5.46. The summed E-state index contributed by atoms with van der Waals surface area (Å²) in [6.07, 6.45) is 6.70. The van der Waals surface area contributed by atoms with Gasteiger partial charge < -0.3 is 0 Å². The zero-order valence-electron chi connectivity index (χ0n) is 9.42. The zero-order valence-corrected chi connectivity index (χ0v) is 9.42. The molecule has 0 saturated carbocycles. The number of carbonyl (C=O) groups is 1. The van der Waals surface area contributed by atoms with Gasteiger partial charge in [0.15, 0.2) is 5.78 Å². The highest BCUT2D eigenvalue weighted by atomic mass is 16.1. The summed E-state index contributed by atoms with van der Waals surface area (Å²) in [7, 11) is 0. The third kappa shape index (κ3) is 1.94. The molecule has 0 aromatic carbocycles. The lowest BCUT2D eigenvalue weighted by Crippen LogP contribution is -2.21. The molecule has 1 heterocycles. The molecule has 0 N–H and O–H groups in total. The second-order valence-corrected chi connectivity index (χ2v) is 5.12. The van der Waals surface area contributed by atoms with Crippen LogP contribution in [0.25, 0.3) is 0 Å². The van der Waals surface area contributed by atoms with Gasteiger partial charge in [-0.25, -0.2) is 0 Å². The van der Waals surface area contributed by atoms with Crippen molar-refractivity contribution in [3.8, 4) is 0 Å². The number of Topliss-reactive ketones (excluding diaryl/α,β-unsaturated/α-hetero) is 1. The molecule has 0 aromatic rings. The number of nitrogens with zero attached hydrogens (tertiary/aromatic N) is 1. The number of hydrogen-bond donors (Lipinski definition) is 0. The van der Waals surface area contributed by atoms with Crippen LogP contribution in [0.1, 0.15) is 33.1 Å². The number of hydrogen-bond acceptors (Lipinski definition) is 2. The van der Waals surface area contributed by atoms with Crippen LogP contribution in [0, 0.1) is 5.41 Å². The van der Waals surface area contributed by atoms with Gasteiger partial charge in [-0.3, -0.25) is 9.79 Å². The van der Waals surface area contributed by atoms with Crippen LogP contribution in [-0.2, 0) is 4.79 Å². The van der Waals surface area contributed by atoms with Gasteiger partial charge in [0.25, 0.3) is 0 Å². The maximum absolute atomic E-state index is 11.9. The normalized spacial score (nSPS) is 29.5. The Morgan fingerprint density at radius 1 is 1.53 bits per heavy atom. The fraction of sp³-hybridized carbons (Fsp3) is 0.538. The summed E-state index contributed by atoms with van der Waals surface area (Å²) in [4.78, 5) is 16.3. The number of allylic oxidation sites excluding steroid dienone is 2. The average molecular weight is 203 g/mol. The van der Waals surface area contributed by atoms with Crippen LogP contribution in [0.5, 0.6) is 0 Å². The van der Waals surface area contributed by atoms with Crippen molar-refractivity contribution < 1.29 is 4.79 Å². The molecule has 1 atom stereocenters. The van der Waals surface area contributed by atoms with Gasteiger partial charge in [-0.2, -0.15) is 0 Å². The van der Waals surface area contributed by atoms with Crippen molar-refractivity contribution in [3.05, 3.63) is 23.8 Å². The number of carbonyl (C=O) groups excluding carboxylic acids is 1. The molecule has 1 aliphatic heterocycles. The SMILES string of the molecule is C=C1CCC=C(C2CC(C)(C)C=N2)C1=O. The molecular formula is C13H17NO. The molecule has 2 nitrogen and oxygen atoms in total. The Bertz CT molecular complexity index is 374. The number of ketones is 1. The Balaban J connectivity index is 2.20. The minimum absolute atomic E-state index is 0.0737. The Hall–Kier alpha value is -1.18. The molecule has 0 saturated heterocycles. The Kier molecular flexibility index (Phi) is 2.37. The van der Waals surface area contributed by atoms with Crippen LogP contribution in [0.4, 0.5) is 0 Å². The largest absolute Gasteiger partial charge is 0.289 e. The van der Waals surface area contributed by atoms with E-state index in [1.54, 1.807) is 0 Å². The quantitative estimate of drug-likeness (QED) is 0.602. The summed E-state index contributed by atoms with van der Waals surface area (Å²) in [6, 6.07) is 0.0737. The molecule has 1 unspecified atom stereocenters. The van der Waals surface area contributed by atoms with Crippen LogP contribution < -0.4 is 0 Å². The van der Waals surface area contributed by atoms with Crippen LogP contribution in [-0.4, -0.2) is 18.0 Å². The first kappa shape index (κ1) is 10.3. The Labute approximate surface area is 90.8 Å². The summed E-state index contributed by atoms with van der Waals surface area (Å²) in [5, 5.41) is 0. The lowest BCUT2D eigenvalue weighted by atomic mass is 9.83. The van der Waals surface area contributed by atoms with E-state index in [1.165, 1.54) is 0 Å². The Morgan fingerprint density at radius 2 is 2.27 bits per heavy atom. The van der Waals surface area contributed by atoms with Crippen molar-refractivity contribution in [1.29, 1.82) is 0 Å². The second-order valence-electron chi connectivity index (χ2n) is 5.12. The number of rotatable bonds is 1. The van der Waals surface area contributed by atoms with Crippen LogP contribution >= 0.6 is 0 Å². The van der Waals surface area contributed by atoms with Crippen LogP contribution in [0.2, 0.25) is 0 Å². The topological polar surface area (TPSA) is 29.4 Å². The maximum Gasteiger partial charge on any atom is 0.186 e. The fourth-order valence-corrected chi connectivity index (χ4v) is 2.19. The summed E-state index contributed by atoms with van der Waals surface area (Å²) in [5.74, 6) is 0.126. The van der Waals surface area contributed by atoms with E-state index in [0.29, 0.717) is 0 Å². The predicted molar refractivity (Wildman–Crippen MR) is 62.1 cm³/mol. The maximum atomic E-state index is 11.9. The molecule has 15 heavy (non-hydrogen) atoms. The molecule has 0 radical (unpaired) electrons. The van der Waals surface area contributed by atoms with E-state index in [-0.39, 0.29) is 17.2 Å². The standard InChI is InChI=1S/C13H17NO/c1-9-5-4-6-10(12(9)15)11-7-13(2,3)8-14-11/h6,8,11H,1,4-5,7H2,2-3H3. The minimum Gasteiger partial charge on any atom is -0.289 e. The molecule has 2 heteroatoms. The van der Waals surface area contributed by atoms with Gasteiger partial charge in [-0.15, -0.1) is 0 Å². The molecule has 1 aliphatic carbocycles. The highest BCUT2D eigenvalue weighted by Gasteiger charge is 2.33. The average Bonchev–Trinajstić information content (AvgIpc) is 2.51. The van der Waals surface area contributed by atoms with Gasteiger partial charge in [0.05, 0.1) is 6.04 Å². The molecule has 80 valence electrons. The van der Waals surface area contributed by atoms with Crippen molar-refractivity contribution in [3.63, 3.8) is 0 Å². The molecular weight excluding hydrogens is 186 g/mol. The van der Waals surface area contributed by atoms with E-state index in [9.17, 15) is 4.79 Å². The smallest absolute Gasteiger partial charge is 0.186 e. The first-order chi connectivity index (χ1) is 6.99. The molecule has 2 aliphatic rings. The van der Waals surface area contributed by atoms with E-state index < -0.39 is 0 Å². The van der Waals surface area contributed by atoms with Crippen molar-refractivity contribution in [1.82, 2.24) is 0 Å². The van der Waals surface area contributed by atoms with Crippen molar-refractivity contribution in [2.45, 2.75) is 39.2 Å².